The molecule has 0 atom stereocenters. The third-order valence-corrected chi connectivity index (χ3v) is 5.80. The molecule has 0 spiro atoms. The maximum absolute atomic E-state index is 12.5. The number of piperazine rings is 1. The number of carbonyl (C=O) groups is 1. The van der Waals surface area contributed by atoms with Gasteiger partial charge in [-0.25, -0.2) is 12.7 Å². The van der Waals surface area contributed by atoms with Crippen LogP contribution in [0, 0.1) is 0 Å². The van der Waals surface area contributed by atoms with Crippen LogP contribution < -0.4 is 10.2 Å². The maximum atomic E-state index is 12.5. The Kier molecular flexibility index (Phi) is 7.19. The van der Waals surface area contributed by atoms with Crippen molar-refractivity contribution in [3.05, 3.63) is 12.4 Å². The molecular formula is C16H29N7O3S. The zero-order valence-electron chi connectivity index (χ0n) is 16.4. The van der Waals surface area contributed by atoms with Crippen molar-refractivity contribution in [2.24, 2.45) is 12.0 Å². The number of aliphatic imine (C=N–C) groups is 1. The molecule has 2 rings (SSSR count). The fraction of sp³-hybridized carbons (Fsp3) is 0.688. The van der Waals surface area contributed by atoms with Gasteiger partial charge < -0.3 is 15.1 Å². The summed E-state index contributed by atoms with van der Waals surface area (Å²) in [7, 11) is 0.323. The predicted octanol–water partition coefficient (Wildman–Crippen LogP) is -0.684. The van der Waals surface area contributed by atoms with E-state index in [-0.39, 0.29) is 12.5 Å². The number of hydrogen-bond acceptors (Lipinski definition) is 5. The van der Waals surface area contributed by atoms with Gasteiger partial charge in [0.05, 0.1) is 18.1 Å². The summed E-state index contributed by atoms with van der Waals surface area (Å²) in [6.07, 6.45) is 5.38. The van der Waals surface area contributed by atoms with E-state index in [1.165, 1.54) is 10.6 Å². The first-order chi connectivity index (χ1) is 12.8. The highest BCUT2D eigenvalue weighted by molar-refractivity contribution is 7.88. The minimum atomic E-state index is -3.17. The van der Waals surface area contributed by atoms with E-state index in [4.69, 9.17) is 0 Å². The molecule has 0 bridgehead atoms. The summed E-state index contributed by atoms with van der Waals surface area (Å²) in [5.41, 5.74) is 0.797. The van der Waals surface area contributed by atoms with Crippen LogP contribution in [0.25, 0.3) is 0 Å². The molecule has 0 radical (unpaired) electrons. The first kappa shape index (κ1) is 21.2. The molecule has 1 amide bonds. The Hall–Kier alpha value is -2.14. The summed E-state index contributed by atoms with van der Waals surface area (Å²) < 4.78 is 26.3. The lowest BCUT2D eigenvalue weighted by Gasteiger charge is -2.35. The van der Waals surface area contributed by atoms with Gasteiger partial charge in [-0.05, 0) is 6.42 Å². The minimum absolute atomic E-state index is 0.00793. The lowest BCUT2D eigenvalue weighted by molar-refractivity contribution is -0.120. The largest absolute Gasteiger partial charge is 0.356 e. The molecule has 1 aromatic rings. The van der Waals surface area contributed by atoms with Crippen LogP contribution in [0.5, 0.6) is 0 Å². The maximum Gasteiger partial charge on any atom is 0.246 e. The van der Waals surface area contributed by atoms with Gasteiger partial charge in [-0.2, -0.15) is 5.10 Å². The third kappa shape index (κ3) is 5.67. The fourth-order valence-corrected chi connectivity index (χ4v) is 3.95. The Bertz CT molecular complexity index is 775. The monoisotopic (exact) mass is 399 g/mol. The molecule has 1 aromatic heterocycles. The lowest BCUT2D eigenvalue weighted by Crippen LogP contribution is -2.55. The van der Waals surface area contributed by atoms with Gasteiger partial charge in [-0.1, -0.05) is 6.92 Å². The highest BCUT2D eigenvalue weighted by Gasteiger charge is 2.27. The van der Waals surface area contributed by atoms with Crippen molar-refractivity contribution in [1.29, 1.82) is 0 Å². The molecule has 1 aliphatic heterocycles. The number of hydrogen-bond donors (Lipinski definition) is 1. The van der Waals surface area contributed by atoms with Crippen molar-refractivity contribution in [3.63, 3.8) is 0 Å². The van der Waals surface area contributed by atoms with E-state index in [0.717, 1.165) is 5.69 Å². The molecule has 27 heavy (non-hydrogen) atoms. The Labute approximate surface area is 160 Å². The molecule has 1 fully saturated rings. The summed E-state index contributed by atoms with van der Waals surface area (Å²) in [5, 5.41) is 7.33. The fourth-order valence-electron chi connectivity index (χ4n) is 3.02. The van der Waals surface area contributed by atoms with Crippen LogP contribution in [0.2, 0.25) is 0 Å². The number of sulfonamides is 1. The Balaban J connectivity index is 1.84. The highest BCUT2D eigenvalue weighted by Crippen LogP contribution is 2.16. The summed E-state index contributed by atoms with van der Waals surface area (Å²) in [5.74, 6) is 0.642. The number of aromatic nitrogens is 2. The molecule has 1 aliphatic rings. The Morgan fingerprint density at radius 3 is 2.67 bits per heavy atom. The van der Waals surface area contributed by atoms with Crippen molar-refractivity contribution in [1.82, 2.24) is 24.3 Å². The number of aryl methyl sites for hydroxylation is 1. The molecule has 0 aromatic carbocycles. The summed E-state index contributed by atoms with van der Waals surface area (Å²) in [6.45, 7) is 4.76. The van der Waals surface area contributed by atoms with Crippen molar-refractivity contribution in [2.45, 2.75) is 13.3 Å². The number of anilines is 1. The van der Waals surface area contributed by atoms with Crippen molar-refractivity contribution < 1.29 is 13.2 Å². The zero-order valence-corrected chi connectivity index (χ0v) is 17.2. The number of amides is 1. The standard InChI is InChI=1S/C16H29N7O3S/c1-5-22(27(4,25)26)8-6-7-18-16(17-2)21-9-10-23(15(24)13-21)14-11-19-20(3)12-14/h11-12H,5-10,13H2,1-4H3,(H,17,18). The molecule has 0 aliphatic carbocycles. The van der Waals surface area contributed by atoms with Crippen molar-refractivity contribution in [2.75, 3.05) is 57.5 Å². The van der Waals surface area contributed by atoms with Gasteiger partial charge in [-0.3, -0.25) is 14.5 Å². The van der Waals surface area contributed by atoms with Crippen LogP contribution in [0.1, 0.15) is 13.3 Å². The number of nitrogens with one attached hydrogen (secondary N) is 1. The topological polar surface area (TPSA) is 103 Å². The molecule has 1 saturated heterocycles. The van der Waals surface area contributed by atoms with E-state index < -0.39 is 10.0 Å². The highest BCUT2D eigenvalue weighted by atomic mass is 32.2. The third-order valence-electron chi connectivity index (χ3n) is 4.42. The SMILES string of the molecule is CCN(CCCNC(=NC)N1CCN(c2cnn(C)c2)C(=O)C1)S(C)(=O)=O. The number of carbonyl (C=O) groups excluding carboxylic acids is 1. The molecule has 2 heterocycles. The van der Waals surface area contributed by atoms with Gasteiger partial charge >= 0.3 is 0 Å². The average Bonchev–Trinajstić information content (AvgIpc) is 3.03. The van der Waals surface area contributed by atoms with Crippen molar-refractivity contribution in [3.8, 4) is 0 Å². The van der Waals surface area contributed by atoms with E-state index in [9.17, 15) is 13.2 Å². The second kappa shape index (κ2) is 9.18. The predicted molar refractivity (Wildman–Crippen MR) is 105 cm³/mol. The molecule has 0 saturated carbocycles. The number of nitrogens with zero attached hydrogens (tertiary/aromatic N) is 6. The van der Waals surface area contributed by atoms with Crippen LogP contribution >= 0.6 is 0 Å². The Morgan fingerprint density at radius 1 is 1.41 bits per heavy atom. The van der Waals surface area contributed by atoms with Crippen molar-refractivity contribution >= 4 is 27.6 Å². The average molecular weight is 400 g/mol. The van der Waals surface area contributed by atoms with Crippen LogP contribution in [0.15, 0.2) is 17.4 Å². The minimum Gasteiger partial charge on any atom is -0.356 e. The van der Waals surface area contributed by atoms with Gasteiger partial charge in [0, 0.05) is 53.0 Å². The summed E-state index contributed by atoms with van der Waals surface area (Å²) >= 11 is 0. The van der Waals surface area contributed by atoms with Gasteiger partial charge in [0.1, 0.15) is 6.54 Å². The molecule has 10 nitrogen and oxygen atoms in total. The van der Waals surface area contributed by atoms with E-state index in [2.05, 4.69) is 15.4 Å². The van der Waals surface area contributed by atoms with Crippen LogP contribution in [-0.2, 0) is 21.9 Å². The lowest BCUT2D eigenvalue weighted by atomic mass is 10.3. The molecule has 0 unspecified atom stereocenters. The molecule has 152 valence electrons. The summed E-state index contributed by atoms with van der Waals surface area (Å²) in [6, 6.07) is 0. The van der Waals surface area contributed by atoms with E-state index in [1.807, 2.05) is 25.1 Å². The molecule has 1 N–H and O–H groups in total. The first-order valence-electron chi connectivity index (χ1n) is 8.96. The Morgan fingerprint density at radius 2 is 2.15 bits per heavy atom. The van der Waals surface area contributed by atoms with Gasteiger partial charge in [0.2, 0.25) is 15.9 Å². The van der Waals surface area contributed by atoms with Gasteiger partial charge in [0.25, 0.3) is 0 Å². The number of rotatable bonds is 7. The second-order valence-electron chi connectivity index (χ2n) is 6.42. The number of guanidine groups is 1. The van der Waals surface area contributed by atoms with Crippen LogP contribution in [-0.4, -0.2) is 91.8 Å². The smallest absolute Gasteiger partial charge is 0.246 e. The van der Waals surface area contributed by atoms with E-state index in [0.29, 0.717) is 45.1 Å². The van der Waals surface area contributed by atoms with Crippen LogP contribution in [0.3, 0.4) is 0 Å². The van der Waals surface area contributed by atoms with E-state index in [1.54, 1.807) is 22.8 Å². The molecule has 11 heteroatoms. The zero-order chi connectivity index (χ0) is 20.0. The normalized spacial score (nSPS) is 16.3. The summed E-state index contributed by atoms with van der Waals surface area (Å²) in [4.78, 5) is 20.4. The van der Waals surface area contributed by atoms with E-state index >= 15 is 0 Å². The van der Waals surface area contributed by atoms with Crippen LogP contribution in [0.4, 0.5) is 5.69 Å². The van der Waals surface area contributed by atoms with Gasteiger partial charge in [-0.15, -0.1) is 0 Å². The quantitative estimate of drug-likeness (QED) is 0.370. The van der Waals surface area contributed by atoms with Gasteiger partial charge in [0.15, 0.2) is 5.96 Å². The molecular weight excluding hydrogens is 370 g/mol. The first-order valence-corrected chi connectivity index (χ1v) is 10.8. The second-order valence-corrected chi connectivity index (χ2v) is 8.40.